The van der Waals surface area contributed by atoms with Crippen LogP contribution < -0.4 is 10.3 Å². The summed E-state index contributed by atoms with van der Waals surface area (Å²) < 4.78 is 0. The van der Waals surface area contributed by atoms with Crippen LogP contribution in [0.15, 0.2) is 36.4 Å². The standard InChI is InChI=1S/C19H19NO7/c21-11-14(4-6-19(25)26)20-27-16-8-13(7-15(22)10-16)2-1-12-3-5-17(23)18(24)9-12/h1-3,5,7-11,14,20,22-24H,4,6H2,(H,25,26)/b2-1+/t14-/m0/s1. The number of carbonyl (C=O) groups is 2. The number of nitrogens with one attached hydrogen (secondary N) is 1. The van der Waals surface area contributed by atoms with Crippen LogP contribution in [0.25, 0.3) is 12.2 Å². The van der Waals surface area contributed by atoms with Gasteiger partial charge in [0.1, 0.15) is 12.0 Å². The minimum absolute atomic E-state index is 0.0642. The Morgan fingerprint density at radius 1 is 1.04 bits per heavy atom. The Morgan fingerprint density at radius 2 is 1.78 bits per heavy atom. The fourth-order valence-electron chi connectivity index (χ4n) is 2.17. The summed E-state index contributed by atoms with van der Waals surface area (Å²) >= 11 is 0. The van der Waals surface area contributed by atoms with Crippen molar-refractivity contribution in [3.8, 4) is 23.0 Å². The molecule has 0 fully saturated rings. The summed E-state index contributed by atoms with van der Waals surface area (Å²) in [5.74, 6) is -1.34. The number of phenols is 3. The maximum Gasteiger partial charge on any atom is 0.303 e. The fourth-order valence-corrected chi connectivity index (χ4v) is 2.17. The van der Waals surface area contributed by atoms with E-state index < -0.39 is 12.0 Å². The summed E-state index contributed by atoms with van der Waals surface area (Å²) in [5, 5.41) is 37.3. The van der Waals surface area contributed by atoms with Crippen LogP contribution in [0.5, 0.6) is 23.0 Å². The quantitative estimate of drug-likeness (QED) is 0.195. The van der Waals surface area contributed by atoms with Gasteiger partial charge in [-0.1, -0.05) is 18.2 Å². The molecule has 1 atom stereocenters. The highest BCUT2D eigenvalue weighted by Crippen LogP contribution is 2.27. The van der Waals surface area contributed by atoms with Crippen molar-refractivity contribution >= 4 is 24.4 Å². The molecule has 27 heavy (non-hydrogen) atoms. The first-order valence-corrected chi connectivity index (χ1v) is 8.01. The number of carboxylic acids is 1. The van der Waals surface area contributed by atoms with Crippen molar-refractivity contribution in [2.45, 2.75) is 18.9 Å². The largest absolute Gasteiger partial charge is 0.508 e. The van der Waals surface area contributed by atoms with Crippen LogP contribution in [0, 0.1) is 0 Å². The lowest BCUT2D eigenvalue weighted by Crippen LogP contribution is -2.33. The van der Waals surface area contributed by atoms with Crippen LogP contribution in [0.3, 0.4) is 0 Å². The van der Waals surface area contributed by atoms with Crippen molar-refractivity contribution in [2.75, 3.05) is 0 Å². The van der Waals surface area contributed by atoms with Crippen LogP contribution >= 0.6 is 0 Å². The molecular weight excluding hydrogens is 354 g/mol. The molecule has 0 aliphatic heterocycles. The molecule has 142 valence electrons. The van der Waals surface area contributed by atoms with E-state index in [1.54, 1.807) is 24.3 Å². The number of carbonyl (C=O) groups excluding carboxylic acids is 1. The second kappa shape index (κ2) is 9.25. The zero-order valence-electron chi connectivity index (χ0n) is 14.2. The van der Waals surface area contributed by atoms with E-state index in [1.165, 1.54) is 24.3 Å². The van der Waals surface area contributed by atoms with E-state index in [0.717, 1.165) is 0 Å². The van der Waals surface area contributed by atoms with E-state index in [2.05, 4.69) is 5.48 Å². The van der Waals surface area contributed by atoms with Gasteiger partial charge in [0.15, 0.2) is 17.2 Å². The molecule has 0 heterocycles. The monoisotopic (exact) mass is 373 g/mol. The second-order valence-corrected chi connectivity index (χ2v) is 5.74. The number of hydrogen-bond donors (Lipinski definition) is 5. The van der Waals surface area contributed by atoms with Gasteiger partial charge in [0.2, 0.25) is 0 Å². The Bertz CT molecular complexity index is 848. The molecule has 0 saturated carbocycles. The van der Waals surface area contributed by atoms with Crippen molar-refractivity contribution in [3.63, 3.8) is 0 Å². The molecule has 0 radical (unpaired) electrons. The van der Waals surface area contributed by atoms with Gasteiger partial charge in [0, 0.05) is 12.5 Å². The molecule has 8 nitrogen and oxygen atoms in total. The van der Waals surface area contributed by atoms with Gasteiger partial charge in [0.25, 0.3) is 0 Å². The Morgan fingerprint density at radius 3 is 2.44 bits per heavy atom. The third-order valence-corrected chi connectivity index (χ3v) is 3.54. The maximum absolute atomic E-state index is 10.9. The summed E-state index contributed by atoms with van der Waals surface area (Å²) in [6.07, 6.45) is 3.73. The van der Waals surface area contributed by atoms with E-state index in [0.29, 0.717) is 17.4 Å². The number of carboxylic acid groups (broad SMARTS) is 1. The van der Waals surface area contributed by atoms with E-state index >= 15 is 0 Å². The predicted octanol–water partition coefficient (Wildman–Crippen LogP) is 2.29. The number of hydrogen-bond acceptors (Lipinski definition) is 7. The highest BCUT2D eigenvalue weighted by molar-refractivity contribution is 5.72. The first-order chi connectivity index (χ1) is 12.9. The van der Waals surface area contributed by atoms with Gasteiger partial charge >= 0.3 is 5.97 Å². The Labute approximate surface area is 154 Å². The zero-order valence-corrected chi connectivity index (χ0v) is 14.2. The van der Waals surface area contributed by atoms with Crippen molar-refractivity contribution < 1.29 is 34.9 Å². The Balaban J connectivity index is 2.06. The SMILES string of the molecule is O=C[C@H](CCC(=O)O)NOc1cc(O)cc(/C=C/c2ccc(O)c(O)c2)c1. The zero-order chi connectivity index (χ0) is 19.8. The maximum atomic E-state index is 10.9. The molecule has 0 aromatic heterocycles. The number of rotatable bonds is 9. The van der Waals surface area contributed by atoms with Gasteiger partial charge in [-0.3, -0.25) is 4.79 Å². The molecule has 0 amide bonds. The lowest BCUT2D eigenvalue weighted by atomic mass is 10.1. The molecule has 2 aromatic carbocycles. The molecule has 5 N–H and O–H groups in total. The minimum Gasteiger partial charge on any atom is -0.508 e. The Kier molecular flexibility index (Phi) is 6.79. The topological polar surface area (TPSA) is 136 Å². The first kappa shape index (κ1) is 19.8. The molecule has 0 aliphatic rings. The summed E-state index contributed by atoms with van der Waals surface area (Å²) in [6.45, 7) is 0. The molecular formula is C19H19NO7. The van der Waals surface area contributed by atoms with Gasteiger partial charge in [-0.2, -0.15) is 0 Å². The average Bonchev–Trinajstić information content (AvgIpc) is 2.62. The van der Waals surface area contributed by atoms with E-state index in [1.807, 2.05) is 0 Å². The smallest absolute Gasteiger partial charge is 0.303 e. The third kappa shape index (κ3) is 6.37. The van der Waals surface area contributed by atoms with Crippen LogP contribution in [0.4, 0.5) is 0 Å². The highest BCUT2D eigenvalue weighted by Gasteiger charge is 2.11. The lowest BCUT2D eigenvalue weighted by molar-refractivity contribution is -0.137. The van der Waals surface area contributed by atoms with Gasteiger partial charge in [-0.15, -0.1) is 5.48 Å². The minimum atomic E-state index is -1.02. The molecule has 0 saturated heterocycles. The number of hydroxylamine groups is 1. The molecule has 2 aromatic rings. The molecule has 0 aliphatic carbocycles. The molecule has 8 heteroatoms. The van der Waals surface area contributed by atoms with Crippen molar-refractivity contribution in [3.05, 3.63) is 47.5 Å². The molecule has 0 bridgehead atoms. The number of aliphatic carboxylic acids is 1. The number of phenolic OH excluding ortho intramolecular Hbond substituents is 3. The van der Waals surface area contributed by atoms with E-state index in [-0.39, 0.29) is 35.8 Å². The van der Waals surface area contributed by atoms with Crippen LogP contribution in [0.2, 0.25) is 0 Å². The summed E-state index contributed by atoms with van der Waals surface area (Å²) in [5.41, 5.74) is 3.66. The molecule has 0 unspecified atom stereocenters. The average molecular weight is 373 g/mol. The normalized spacial score (nSPS) is 12.0. The lowest BCUT2D eigenvalue weighted by Gasteiger charge is -2.13. The van der Waals surface area contributed by atoms with E-state index in [4.69, 9.17) is 9.94 Å². The van der Waals surface area contributed by atoms with Crippen molar-refractivity contribution in [1.29, 1.82) is 0 Å². The number of benzene rings is 2. The van der Waals surface area contributed by atoms with Crippen molar-refractivity contribution in [2.24, 2.45) is 0 Å². The van der Waals surface area contributed by atoms with Gasteiger partial charge in [0.05, 0.1) is 6.04 Å². The van der Waals surface area contributed by atoms with Crippen LogP contribution in [-0.2, 0) is 9.59 Å². The van der Waals surface area contributed by atoms with Gasteiger partial charge in [-0.05, 0) is 41.8 Å². The number of aromatic hydroxyl groups is 3. The summed E-state index contributed by atoms with van der Waals surface area (Å²) in [6, 6.07) is 7.92. The van der Waals surface area contributed by atoms with Crippen LogP contribution in [0.1, 0.15) is 24.0 Å². The number of aldehydes is 1. The summed E-state index contributed by atoms with van der Waals surface area (Å²) in [4.78, 5) is 26.8. The highest BCUT2D eigenvalue weighted by atomic mass is 16.6. The first-order valence-electron chi connectivity index (χ1n) is 8.01. The van der Waals surface area contributed by atoms with Crippen LogP contribution in [-0.4, -0.2) is 38.7 Å². The van der Waals surface area contributed by atoms with Gasteiger partial charge in [-0.25, -0.2) is 0 Å². The fraction of sp³-hybridized carbons (Fsp3) is 0.158. The van der Waals surface area contributed by atoms with Gasteiger partial charge < -0.3 is 30.1 Å². The molecule has 0 spiro atoms. The van der Waals surface area contributed by atoms with E-state index in [9.17, 15) is 24.9 Å². The molecule has 2 rings (SSSR count). The summed E-state index contributed by atoms with van der Waals surface area (Å²) in [7, 11) is 0. The van der Waals surface area contributed by atoms with Crippen molar-refractivity contribution in [1.82, 2.24) is 5.48 Å². The predicted molar refractivity (Wildman–Crippen MR) is 97.3 cm³/mol. The third-order valence-electron chi connectivity index (χ3n) is 3.54. The Hall–Kier alpha value is -3.52. The second-order valence-electron chi connectivity index (χ2n) is 5.74.